The van der Waals surface area contributed by atoms with Crippen LogP contribution in [0, 0.1) is 6.92 Å². The minimum Gasteiger partial charge on any atom is -0.479 e. The van der Waals surface area contributed by atoms with Gasteiger partial charge in [0, 0.05) is 5.69 Å². The highest BCUT2D eigenvalue weighted by Gasteiger charge is 2.21. The van der Waals surface area contributed by atoms with Crippen LogP contribution in [0.4, 0.5) is 5.69 Å². The van der Waals surface area contributed by atoms with Crippen LogP contribution in [-0.4, -0.2) is 28.0 Å². The van der Waals surface area contributed by atoms with Gasteiger partial charge in [0.15, 0.2) is 0 Å². The fourth-order valence-electron chi connectivity index (χ4n) is 2.33. The van der Waals surface area contributed by atoms with E-state index in [1.54, 1.807) is 16.8 Å². The number of amides is 1. The van der Waals surface area contributed by atoms with Crippen molar-refractivity contribution in [2.45, 2.75) is 13.5 Å². The largest absolute Gasteiger partial charge is 0.479 e. The Kier molecular flexibility index (Phi) is 4.56. The number of aryl methyl sites for hydroxylation is 1. The zero-order valence-corrected chi connectivity index (χ0v) is 13.6. The number of aromatic nitrogens is 3. The molecule has 0 spiro atoms. The fraction of sp³-hybridized carbons (Fsp3) is 0.167. The van der Waals surface area contributed by atoms with Crippen molar-refractivity contribution in [2.24, 2.45) is 0 Å². The molecule has 0 radical (unpaired) electrons. The van der Waals surface area contributed by atoms with E-state index in [0.717, 1.165) is 5.56 Å². The molecule has 1 N–H and O–H groups in total. The van der Waals surface area contributed by atoms with E-state index in [1.807, 2.05) is 49.4 Å². The van der Waals surface area contributed by atoms with Gasteiger partial charge in [-0.05, 0) is 24.6 Å². The molecular weight excluding hydrogens is 304 g/mol. The maximum absolute atomic E-state index is 12.4. The molecular formula is C18H18N4O2. The summed E-state index contributed by atoms with van der Waals surface area (Å²) in [4.78, 5) is 12.4. The number of methoxy groups -OCH3 is 1. The molecule has 1 heterocycles. The van der Waals surface area contributed by atoms with Crippen LogP contribution in [0.15, 0.2) is 54.6 Å². The molecule has 6 nitrogen and oxygen atoms in total. The first kappa shape index (κ1) is 15.7. The first-order valence-corrected chi connectivity index (χ1v) is 7.57. The van der Waals surface area contributed by atoms with Crippen molar-refractivity contribution in [3.63, 3.8) is 0 Å². The first-order valence-electron chi connectivity index (χ1n) is 7.57. The third kappa shape index (κ3) is 3.43. The normalized spacial score (nSPS) is 10.4. The number of para-hydroxylation sites is 1. The Morgan fingerprint density at radius 2 is 1.83 bits per heavy atom. The number of carbonyl (C=O) groups excluding carboxylic acids is 1. The second kappa shape index (κ2) is 6.95. The summed E-state index contributed by atoms with van der Waals surface area (Å²) >= 11 is 0. The van der Waals surface area contributed by atoms with E-state index in [4.69, 9.17) is 4.74 Å². The third-order valence-electron chi connectivity index (χ3n) is 3.58. The Morgan fingerprint density at radius 1 is 1.12 bits per heavy atom. The molecule has 0 aliphatic rings. The number of rotatable bonds is 5. The smallest absolute Gasteiger partial charge is 0.281 e. The molecule has 3 aromatic rings. The quantitative estimate of drug-likeness (QED) is 0.784. The van der Waals surface area contributed by atoms with Gasteiger partial charge < -0.3 is 10.1 Å². The van der Waals surface area contributed by atoms with Gasteiger partial charge in [0.1, 0.15) is 0 Å². The molecule has 6 heteroatoms. The van der Waals surface area contributed by atoms with Crippen molar-refractivity contribution in [1.29, 1.82) is 0 Å². The molecule has 0 aliphatic heterocycles. The average Bonchev–Trinajstić information content (AvgIpc) is 3.00. The Bertz CT molecular complexity index is 826. The van der Waals surface area contributed by atoms with Gasteiger partial charge in [0.2, 0.25) is 11.6 Å². The number of benzene rings is 2. The predicted octanol–water partition coefficient (Wildman–Crippen LogP) is 2.90. The summed E-state index contributed by atoms with van der Waals surface area (Å²) < 4.78 is 6.92. The summed E-state index contributed by atoms with van der Waals surface area (Å²) in [5, 5.41) is 10.8. The van der Waals surface area contributed by atoms with Crippen LogP contribution < -0.4 is 10.1 Å². The summed E-state index contributed by atoms with van der Waals surface area (Å²) in [6, 6.07) is 17.3. The average molecular weight is 322 g/mol. The standard InChI is InChI=1S/C18H18N4O2/c1-13-8-10-14(11-9-13)12-22-18(24-2)16(20-21-22)17(23)19-15-6-4-3-5-7-15/h3-11H,12H2,1-2H3,(H,19,23). The van der Waals surface area contributed by atoms with Crippen molar-refractivity contribution in [3.8, 4) is 5.88 Å². The molecule has 1 amide bonds. The Hall–Kier alpha value is -3.15. The van der Waals surface area contributed by atoms with Crippen LogP contribution in [0.3, 0.4) is 0 Å². The van der Waals surface area contributed by atoms with E-state index in [-0.39, 0.29) is 11.6 Å². The minimum atomic E-state index is -0.354. The zero-order chi connectivity index (χ0) is 16.9. The molecule has 0 bridgehead atoms. The first-order chi connectivity index (χ1) is 11.7. The van der Waals surface area contributed by atoms with E-state index in [9.17, 15) is 4.79 Å². The maximum atomic E-state index is 12.4. The molecule has 0 saturated heterocycles. The van der Waals surface area contributed by atoms with E-state index >= 15 is 0 Å². The van der Waals surface area contributed by atoms with Gasteiger partial charge in [-0.1, -0.05) is 53.2 Å². The van der Waals surface area contributed by atoms with Crippen LogP contribution in [0.1, 0.15) is 21.6 Å². The van der Waals surface area contributed by atoms with E-state index in [1.165, 1.54) is 12.7 Å². The highest BCUT2D eigenvalue weighted by molar-refractivity contribution is 6.04. The summed E-state index contributed by atoms with van der Waals surface area (Å²) in [6.45, 7) is 2.51. The Morgan fingerprint density at radius 3 is 2.50 bits per heavy atom. The Balaban J connectivity index is 1.81. The lowest BCUT2D eigenvalue weighted by molar-refractivity contribution is 0.101. The molecule has 24 heavy (non-hydrogen) atoms. The summed E-state index contributed by atoms with van der Waals surface area (Å²) in [5.74, 6) is -0.0165. The number of ether oxygens (including phenoxy) is 1. The van der Waals surface area contributed by atoms with Gasteiger partial charge in [-0.25, -0.2) is 4.68 Å². The monoisotopic (exact) mass is 322 g/mol. The molecule has 122 valence electrons. The molecule has 0 fully saturated rings. The van der Waals surface area contributed by atoms with Crippen molar-refractivity contribution in [2.75, 3.05) is 12.4 Å². The van der Waals surface area contributed by atoms with E-state index < -0.39 is 0 Å². The number of anilines is 1. The molecule has 3 rings (SSSR count). The lowest BCUT2D eigenvalue weighted by atomic mass is 10.1. The summed E-state index contributed by atoms with van der Waals surface area (Å²) in [5.41, 5.74) is 3.09. The highest BCUT2D eigenvalue weighted by atomic mass is 16.5. The van der Waals surface area contributed by atoms with Crippen LogP contribution in [0.25, 0.3) is 0 Å². The second-order valence-corrected chi connectivity index (χ2v) is 5.41. The lowest BCUT2D eigenvalue weighted by Gasteiger charge is -2.07. The van der Waals surface area contributed by atoms with E-state index in [0.29, 0.717) is 18.1 Å². The summed E-state index contributed by atoms with van der Waals surface area (Å²) in [7, 11) is 1.50. The van der Waals surface area contributed by atoms with Crippen LogP contribution in [0.2, 0.25) is 0 Å². The molecule has 0 unspecified atom stereocenters. The number of nitrogens with one attached hydrogen (secondary N) is 1. The van der Waals surface area contributed by atoms with Crippen molar-refractivity contribution < 1.29 is 9.53 Å². The van der Waals surface area contributed by atoms with Crippen molar-refractivity contribution in [3.05, 3.63) is 71.4 Å². The van der Waals surface area contributed by atoms with Gasteiger partial charge in [-0.15, -0.1) is 5.10 Å². The molecule has 0 atom stereocenters. The molecule has 2 aromatic carbocycles. The van der Waals surface area contributed by atoms with Crippen molar-refractivity contribution >= 4 is 11.6 Å². The fourth-order valence-corrected chi connectivity index (χ4v) is 2.33. The van der Waals surface area contributed by atoms with Crippen LogP contribution in [0.5, 0.6) is 5.88 Å². The number of hydrogen-bond acceptors (Lipinski definition) is 4. The number of hydrogen-bond donors (Lipinski definition) is 1. The minimum absolute atomic E-state index is 0.161. The number of carbonyl (C=O) groups is 1. The predicted molar refractivity (Wildman–Crippen MR) is 91.3 cm³/mol. The lowest BCUT2D eigenvalue weighted by Crippen LogP contribution is -2.14. The van der Waals surface area contributed by atoms with Crippen LogP contribution >= 0.6 is 0 Å². The van der Waals surface area contributed by atoms with Crippen LogP contribution in [-0.2, 0) is 6.54 Å². The van der Waals surface area contributed by atoms with Gasteiger partial charge in [0.05, 0.1) is 13.7 Å². The number of nitrogens with zero attached hydrogens (tertiary/aromatic N) is 3. The Labute approximate surface area is 140 Å². The van der Waals surface area contributed by atoms with Crippen molar-refractivity contribution in [1.82, 2.24) is 15.0 Å². The zero-order valence-electron chi connectivity index (χ0n) is 13.6. The molecule has 0 saturated carbocycles. The highest BCUT2D eigenvalue weighted by Crippen LogP contribution is 2.19. The topological polar surface area (TPSA) is 69.0 Å². The molecule has 1 aromatic heterocycles. The third-order valence-corrected chi connectivity index (χ3v) is 3.58. The van der Waals surface area contributed by atoms with Gasteiger partial charge in [-0.2, -0.15) is 0 Å². The van der Waals surface area contributed by atoms with Gasteiger partial charge in [-0.3, -0.25) is 4.79 Å². The second-order valence-electron chi connectivity index (χ2n) is 5.41. The van der Waals surface area contributed by atoms with Gasteiger partial charge >= 0.3 is 0 Å². The molecule has 0 aliphatic carbocycles. The maximum Gasteiger partial charge on any atom is 0.281 e. The summed E-state index contributed by atoms with van der Waals surface area (Å²) in [6.07, 6.45) is 0. The SMILES string of the molecule is COc1c(C(=O)Nc2ccccc2)nnn1Cc1ccc(C)cc1. The van der Waals surface area contributed by atoms with Gasteiger partial charge in [0.25, 0.3) is 5.91 Å². The van der Waals surface area contributed by atoms with E-state index in [2.05, 4.69) is 15.6 Å².